The lowest BCUT2D eigenvalue weighted by atomic mass is 10.2. The highest BCUT2D eigenvalue weighted by Gasteiger charge is 2.32. The maximum absolute atomic E-state index is 12.2. The highest BCUT2D eigenvalue weighted by atomic mass is 16.5. The summed E-state index contributed by atoms with van der Waals surface area (Å²) in [5.41, 5.74) is 0.837. The first-order valence-electron chi connectivity index (χ1n) is 7.67. The standard InChI is InChI=1S/C16H21N3O3/c1-22-14-6-4-13(5-7-14)19-11-12(10-15(19)20)17-16(21)18-8-2-3-9-18/h4-7,12H,2-3,8-11H2,1H3,(H,17,21). The maximum atomic E-state index is 12.2. The van der Waals surface area contributed by atoms with Crippen LogP contribution in [0.4, 0.5) is 10.5 Å². The van der Waals surface area contributed by atoms with E-state index in [4.69, 9.17) is 4.74 Å². The number of anilines is 1. The summed E-state index contributed by atoms with van der Waals surface area (Å²) in [5, 5.41) is 2.97. The lowest BCUT2D eigenvalue weighted by Crippen LogP contribution is -2.44. The molecule has 0 radical (unpaired) electrons. The van der Waals surface area contributed by atoms with E-state index >= 15 is 0 Å². The molecular formula is C16H21N3O3. The number of benzene rings is 1. The fourth-order valence-corrected chi connectivity index (χ4v) is 3.00. The average Bonchev–Trinajstić information content (AvgIpc) is 3.17. The highest BCUT2D eigenvalue weighted by molar-refractivity contribution is 5.96. The molecule has 3 amide bonds. The normalized spacial score (nSPS) is 21.3. The molecule has 2 heterocycles. The molecule has 3 rings (SSSR count). The minimum absolute atomic E-state index is 0.0388. The van der Waals surface area contributed by atoms with Crippen LogP contribution in [0.15, 0.2) is 24.3 Å². The van der Waals surface area contributed by atoms with Crippen molar-refractivity contribution in [3.05, 3.63) is 24.3 Å². The number of hydrogen-bond acceptors (Lipinski definition) is 3. The molecule has 0 spiro atoms. The quantitative estimate of drug-likeness (QED) is 0.922. The molecule has 2 aliphatic rings. The lowest BCUT2D eigenvalue weighted by Gasteiger charge is -2.20. The van der Waals surface area contributed by atoms with Gasteiger partial charge in [-0.15, -0.1) is 0 Å². The summed E-state index contributed by atoms with van der Waals surface area (Å²) in [6.07, 6.45) is 2.48. The van der Waals surface area contributed by atoms with Gasteiger partial charge in [-0.05, 0) is 37.1 Å². The third kappa shape index (κ3) is 3.00. The number of carbonyl (C=O) groups is 2. The zero-order chi connectivity index (χ0) is 15.5. The van der Waals surface area contributed by atoms with Gasteiger partial charge in [0, 0.05) is 31.7 Å². The van der Waals surface area contributed by atoms with Crippen molar-refractivity contribution < 1.29 is 14.3 Å². The first-order chi connectivity index (χ1) is 10.7. The Morgan fingerprint density at radius 3 is 2.55 bits per heavy atom. The summed E-state index contributed by atoms with van der Waals surface area (Å²) in [7, 11) is 1.61. The number of likely N-dealkylation sites (tertiary alicyclic amines) is 1. The van der Waals surface area contributed by atoms with Crippen LogP contribution in [0.1, 0.15) is 19.3 Å². The Balaban J connectivity index is 1.61. The fourth-order valence-electron chi connectivity index (χ4n) is 3.00. The highest BCUT2D eigenvalue weighted by Crippen LogP contribution is 2.24. The van der Waals surface area contributed by atoms with Gasteiger partial charge in [0.15, 0.2) is 0 Å². The SMILES string of the molecule is COc1ccc(N2CC(NC(=O)N3CCCC3)CC2=O)cc1. The molecule has 2 aliphatic heterocycles. The number of hydrogen-bond donors (Lipinski definition) is 1. The van der Waals surface area contributed by atoms with E-state index in [1.807, 2.05) is 29.2 Å². The third-order valence-corrected chi connectivity index (χ3v) is 4.23. The van der Waals surface area contributed by atoms with E-state index < -0.39 is 0 Å². The summed E-state index contributed by atoms with van der Waals surface area (Å²) in [6, 6.07) is 7.22. The fraction of sp³-hybridized carbons (Fsp3) is 0.500. The van der Waals surface area contributed by atoms with Gasteiger partial charge in [-0.3, -0.25) is 4.79 Å². The van der Waals surface area contributed by atoms with Crippen LogP contribution in [0.3, 0.4) is 0 Å². The van der Waals surface area contributed by atoms with Gasteiger partial charge in [-0.25, -0.2) is 4.79 Å². The Morgan fingerprint density at radius 1 is 1.23 bits per heavy atom. The van der Waals surface area contributed by atoms with E-state index in [9.17, 15) is 9.59 Å². The first kappa shape index (κ1) is 14.7. The van der Waals surface area contributed by atoms with Crippen LogP contribution < -0.4 is 15.0 Å². The number of carbonyl (C=O) groups excluding carboxylic acids is 2. The Morgan fingerprint density at radius 2 is 1.91 bits per heavy atom. The third-order valence-electron chi connectivity index (χ3n) is 4.23. The molecule has 2 fully saturated rings. The van der Waals surface area contributed by atoms with E-state index in [-0.39, 0.29) is 18.0 Å². The summed E-state index contributed by atoms with van der Waals surface area (Å²) < 4.78 is 5.12. The molecule has 1 aromatic rings. The number of nitrogens with one attached hydrogen (secondary N) is 1. The number of urea groups is 1. The molecule has 0 bridgehead atoms. The number of amides is 3. The van der Waals surface area contributed by atoms with Gasteiger partial charge in [0.05, 0.1) is 13.2 Å². The van der Waals surface area contributed by atoms with Crippen molar-refractivity contribution in [3.8, 4) is 5.75 Å². The first-order valence-corrected chi connectivity index (χ1v) is 7.67. The molecule has 1 atom stereocenters. The molecule has 118 valence electrons. The molecule has 1 unspecified atom stereocenters. The van der Waals surface area contributed by atoms with E-state index in [2.05, 4.69) is 5.32 Å². The number of methoxy groups -OCH3 is 1. The second-order valence-electron chi connectivity index (χ2n) is 5.75. The van der Waals surface area contributed by atoms with Crippen LogP contribution in [-0.4, -0.2) is 49.6 Å². The van der Waals surface area contributed by atoms with Crippen LogP contribution in [0.2, 0.25) is 0 Å². The lowest BCUT2D eigenvalue weighted by molar-refractivity contribution is -0.117. The maximum Gasteiger partial charge on any atom is 0.317 e. The second-order valence-corrected chi connectivity index (χ2v) is 5.75. The van der Waals surface area contributed by atoms with Gasteiger partial charge in [0.25, 0.3) is 0 Å². The van der Waals surface area contributed by atoms with Gasteiger partial charge in [0.1, 0.15) is 5.75 Å². The zero-order valence-corrected chi connectivity index (χ0v) is 12.7. The van der Waals surface area contributed by atoms with Crippen LogP contribution in [0.25, 0.3) is 0 Å². The van der Waals surface area contributed by atoms with E-state index in [1.54, 1.807) is 12.0 Å². The molecule has 1 aromatic carbocycles. The van der Waals surface area contributed by atoms with E-state index in [1.165, 1.54) is 0 Å². The number of nitrogens with zero attached hydrogens (tertiary/aromatic N) is 2. The smallest absolute Gasteiger partial charge is 0.317 e. The van der Waals surface area contributed by atoms with Crippen LogP contribution in [-0.2, 0) is 4.79 Å². The topological polar surface area (TPSA) is 61.9 Å². The monoisotopic (exact) mass is 303 g/mol. The van der Waals surface area contributed by atoms with Gasteiger partial charge in [-0.1, -0.05) is 0 Å². The molecule has 6 heteroatoms. The Labute approximate surface area is 130 Å². The molecule has 0 saturated carbocycles. The summed E-state index contributed by atoms with van der Waals surface area (Å²) >= 11 is 0. The Kier molecular flexibility index (Phi) is 4.18. The van der Waals surface area contributed by atoms with Crippen LogP contribution >= 0.6 is 0 Å². The van der Waals surface area contributed by atoms with Crippen molar-refractivity contribution in [1.29, 1.82) is 0 Å². The van der Waals surface area contributed by atoms with Crippen LogP contribution in [0.5, 0.6) is 5.75 Å². The van der Waals surface area contributed by atoms with Crippen molar-refractivity contribution in [3.63, 3.8) is 0 Å². The molecule has 0 aromatic heterocycles. The molecule has 2 saturated heterocycles. The van der Waals surface area contributed by atoms with Gasteiger partial charge >= 0.3 is 6.03 Å². The zero-order valence-electron chi connectivity index (χ0n) is 12.7. The van der Waals surface area contributed by atoms with E-state index in [0.717, 1.165) is 37.4 Å². The van der Waals surface area contributed by atoms with Crippen LogP contribution in [0, 0.1) is 0 Å². The Bertz CT molecular complexity index is 552. The van der Waals surface area contributed by atoms with Gasteiger partial charge in [0.2, 0.25) is 5.91 Å². The van der Waals surface area contributed by atoms with Gasteiger partial charge < -0.3 is 19.9 Å². The molecule has 6 nitrogen and oxygen atoms in total. The minimum atomic E-state index is -0.122. The molecule has 0 aliphatic carbocycles. The summed E-state index contributed by atoms with van der Waals surface area (Å²) in [5.74, 6) is 0.797. The van der Waals surface area contributed by atoms with Crippen molar-refractivity contribution in [2.24, 2.45) is 0 Å². The van der Waals surface area contributed by atoms with Crippen molar-refractivity contribution in [1.82, 2.24) is 10.2 Å². The minimum Gasteiger partial charge on any atom is -0.497 e. The van der Waals surface area contributed by atoms with E-state index in [0.29, 0.717) is 13.0 Å². The average molecular weight is 303 g/mol. The summed E-state index contributed by atoms with van der Waals surface area (Å²) in [6.45, 7) is 2.15. The largest absolute Gasteiger partial charge is 0.497 e. The van der Waals surface area contributed by atoms with Gasteiger partial charge in [-0.2, -0.15) is 0 Å². The molecule has 1 N–H and O–H groups in total. The number of ether oxygens (including phenoxy) is 1. The molecular weight excluding hydrogens is 282 g/mol. The Hall–Kier alpha value is -2.24. The van der Waals surface area contributed by atoms with Crippen molar-refractivity contribution >= 4 is 17.6 Å². The van der Waals surface area contributed by atoms with Crippen molar-refractivity contribution in [2.75, 3.05) is 31.6 Å². The number of rotatable bonds is 3. The second kappa shape index (κ2) is 6.25. The summed E-state index contributed by atoms with van der Waals surface area (Å²) in [4.78, 5) is 27.8. The molecule has 22 heavy (non-hydrogen) atoms. The van der Waals surface area contributed by atoms with Crippen molar-refractivity contribution in [2.45, 2.75) is 25.3 Å². The predicted molar refractivity (Wildman–Crippen MR) is 83.1 cm³/mol. The predicted octanol–water partition coefficient (Wildman–Crippen LogP) is 1.61.